The summed E-state index contributed by atoms with van der Waals surface area (Å²) in [4.78, 5) is 13.8. The normalized spacial score (nSPS) is 11.6. The van der Waals surface area contributed by atoms with Crippen molar-refractivity contribution in [2.75, 3.05) is 6.61 Å². The van der Waals surface area contributed by atoms with Crippen molar-refractivity contribution in [2.45, 2.75) is 6.18 Å². The summed E-state index contributed by atoms with van der Waals surface area (Å²) in [7, 11) is 0. The first-order chi connectivity index (χ1) is 9.28. The van der Waals surface area contributed by atoms with Crippen molar-refractivity contribution in [1.29, 1.82) is 0 Å². The third kappa shape index (κ3) is 3.08. The SMILES string of the molecule is O=[N+]([O-])c1cnc2ccc(OCC(F)(F)F)cc2c1Cl. The van der Waals surface area contributed by atoms with Gasteiger partial charge in [0.05, 0.1) is 10.4 Å². The first-order valence-electron chi connectivity index (χ1n) is 5.20. The highest BCUT2D eigenvalue weighted by Gasteiger charge is 2.28. The van der Waals surface area contributed by atoms with Crippen LogP contribution in [-0.2, 0) is 0 Å². The Morgan fingerprint density at radius 3 is 2.70 bits per heavy atom. The van der Waals surface area contributed by atoms with E-state index in [0.717, 1.165) is 6.20 Å². The maximum absolute atomic E-state index is 12.1. The summed E-state index contributed by atoms with van der Waals surface area (Å²) in [5.41, 5.74) is -0.105. The predicted molar refractivity (Wildman–Crippen MR) is 65.0 cm³/mol. The topological polar surface area (TPSA) is 65.3 Å². The zero-order chi connectivity index (χ0) is 14.9. The lowest BCUT2D eigenvalue weighted by Gasteiger charge is -2.10. The van der Waals surface area contributed by atoms with Crippen molar-refractivity contribution >= 4 is 28.2 Å². The van der Waals surface area contributed by atoms with Crippen molar-refractivity contribution in [3.8, 4) is 5.75 Å². The molecular formula is C11H6ClF3N2O3. The van der Waals surface area contributed by atoms with Crippen LogP contribution in [0.4, 0.5) is 18.9 Å². The number of aromatic nitrogens is 1. The number of nitrogens with zero attached hydrogens (tertiary/aromatic N) is 2. The summed E-state index contributed by atoms with van der Waals surface area (Å²) in [5.74, 6) is -0.0981. The standard InChI is InChI=1S/C11H6ClF3N2O3/c12-10-7-3-6(20-5-11(13,14)15)1-2-8(7)16-4-9(10)17(18)19/h1-4H,5H2. The highest BCUT2D eigenvalue weighted by Crippen LogP contribution is 2.33. The summed E-state index contributed by atoms with van der Waals surface area (Å²) in [6, 6.07) is 3.84. The van der Waals surface area contributed by atoms with E-state index in [-0.39, 0.29) is 16.2 Å². The number of fused-ring (bicyclic) bond motifs is 1. The zero-order valence-corrected chi connectivity index (χ0v) is 10.4. The fourth-order valence-electron chi connectivity index (χ4n) is 1.51. The van der Waals surface area contributed by atoms with Crippen LogP contribution >= 0.6 is 11.6 Å². The minimum atomic E-state index is -4.47. The van der Waals surface area contributed by atoms with E-state index in [1.165, 1.54) is 18.2 Å². The average molecular weight is 307 g/mol. The van der Waals surface area contributed by atoms with E-state index in [1.54, 1.807) is 0 Å². The van der Waals surface area contributed by atoms with E-state index in [9.17, 15) is 23.3 Å². The number of pyridine rings is 1. The van der Waals surface area contributed by atoms with Crippen LogP contribution in [0.2, 0.25) is 5.02 Å². The smallest absolute Gasteiger partial charge is 0.422 e. The Balaban J connectivity index is 2.41. The second kappa shape index (κ2) is 5.12. The maximum atomic E-state index is 12.1. The van der Waals surface area contributed by atoms with Crippen molar-refractivity contribution in [2.24, 2.45) is 0 Å². The van der Waals surface area contributed by atoms with Crippen LogP contribution in [0, 0.1) is 10.1 Å². The summed E-state index contributed by atoms with van der Waals surface area (Å²) >= 11 is 5.84. The van der Waals surface area contributed by atoms with Gasteiger partial charge in [-0.05, 0) is 18.2 Å². The molecule has 2 rings (SSSR count). The molecule has 1 aromatic heterocycles. The van der Waals surface area contributed by atoms with Crippen LogP contribution in [-0.4, -0.2) is 22.7 Å². The van der Waals surface area contributed by atoms with Gasteiger partial charge in [0.2, 0.25) is 0 Å². The van der Waals surface area contributed by atoms with Gasteiger partial charge < -0.3 is 4.74 Å². The summed E-state index contributed by atoms with van der Waals surface area (Å²) < 4.78 is 40.7. The second-order valence-electron chi connectivity index (χ2n) is 3.80. The Morgan fingerprint density at radius 2 is 2.10 bits per heavy atom. The van der Waals surface area contributed by atoms with E-state index >= 15 is 0 Å². The van der Waals surface area contributed by atoms with Gasteiger partial charge in [-0.3, -0.25) is 10.1 Å². The molecule has 0 amide bonds. The van der Waals surface area contributed by atoms with E-state index in [4.69, 9.17) is 11.6 Å². The molecule has 0 aliphatic heterocycles. The predicted octanol–water partition coefficient (Wildman–Crippen LogP) is 3.74. The molecule has 0 fully saturated rings. The summed E-state index contributed by atoms with van der Waals surface area (Å²) in [6.45, 7) is -1.46. The lowest BCUT2D eigenvalue weighted by atomic mass is 10.2. The quantitative estimate of drug-likeness (QED) is 0.640. The number of ether oxygens (including phenoxy) is 1. The number of hydrogen-bond donors (Lipinski definition) is 0. The Labute approximate surface area is 115 Å². The lowest BCUT2D eigenvalue weighted by molar-refractivity contribution is -0.384. The minimum absolute atomic E-state index is 0.0981. The molecule has 0 atom stereocenters. The molecule has 5 nitrogen and oxygen atoms in total. The van der Waals surface area contributed by atoms with Crippen LogP contribution in [0.25, 0.3) is 10.9 Å². The largest absolute Gasteiger partial charge is 0.484 e. The van der Waals surface area contributed by atoms with Gasteiger partial charge in [0.15, 0.2) is 6.61 Å². The van der Waals surface area contributed by atoms with E-state index in [2.05, 4.69) is 9.72 Å². The molecule has 0 aliphatic carbocycles. The number of alkyl halides is 3. The zero-order valence-electron chi connectivity index (χ0n) is 9.65. The van der Waals surface area contributed by atoms with Crippen molar-refractivity contribution in [1.82, 2.24) is 4.98 Å². The molecule has 0 saturated carbocycles. The van der Waals surface area contributed by atoms with Gasteiger partial charge in [-0.15, -0.1) is 0 Å². The monoisotopic (exact) mass is 306 g/mol. The van der Waals surface area contributed by atoms with Gasteiger partial charge in [0.25, 0.3) is 0 Å². The second-order valence-corrected chi connectivity index (χ2v) is 4.18. The van der Waals surface area contributed by atoms with Crippen LogP contribution in [0.1, 0.15) is 0 Å². The van der Waals surface area contributed by atoms with Crippen molar-refractivity contribution < 1.29 is 22.8 Å². The fourth-order valence-corrected chi connectivity index (χ4v) is 1.78. The van der Waals surface area contributed by atoms with Crippen molar-refractivity contribution in [3.63, 3.8) is 0 Å². The molecule has 0 spiro atoms. The first-order valence-corrected chi connectivity index (χ1v) is 5.58. The van der Waals surface area contributed by atoms with E-state index < -0.39 is 23.4 Å². The number of hydrogen-bond acceptors (Lipinski definition) is 4. The molecule has 1 aromatic carbocycles. The van der Waals surface area contributed by atoms with Crippen LogP contribution in [0.5, 0.6) is 5.75 Å². The van der Waals surface area contributed by atoms with Gasteiger partial charge in [-0.25, -0.2) is 4.98 Å². The molecule has 0 saturated heterocycles. The van der Waals surface area contributed by atoms with Crippen LogP contribution < -0.4 is 4.74 Å². The highest BCUT2D eigenvalue weighted by atomic mass is 35.5. The highest BCUT2D eigenvalue weighted by molar-refractivity contribution is 6.37. The Hall–Kier alpha value is -2.09. The van der Waals surface area contributed by atoms with Crippen LogP contribution in [0.3, 0.4) is 0 Å². The molecular weight excluding hydrogens is 301 g/mol. The van der Waals surface area contributed by atoms with E-state index in [0.29, 0.717) is 5.52 Å². The Bertz CT molecular complexity index is 676. The maximum Gasteiger partial charge on any atom is 0.422 e. The van der Waals surface area contributed by atoms with Crippen LogP contribution in [0.15, 0.2) is 24.4 Å². The molecule has 106 valence electrons. The molecule has 0 unspecified atom stereocenters. The molecule has 9 heteroatoms. The van der Waals surface area contributed by atoms with Gasteiger partial charge >= 0.3 is 11.9 Å². The van der Waals surface area contributed by atoms with Gasteiger partial charge in [-0.1, -0.05) is 11.6 Å². The number of nitro groups is 1. The summed E-state index contributed by atoms with van der Waals surface area (Å²) in [6.07, 6.45) is -3.49. The third-order valence-corrected chi connectivity index (χ3v) is 2.75. The lowest BCUT2D eigenvalue weighted by Crippen LogP contribution is -2.19. The molecule has 1 heterocycles. The third-order valence-electron chi connectivity index (χ3n) is 2.35. The number of rotatable bonds is 3. The van der Waals surface area contributed by atoms with Crippen molar-refractivity contribution in [3.05, 3.63) is 39.5 Å². The van der Waals surface area contributed by atoms with E-state index in [1.807, 2.05) is 0 Å². The molecule has 0 N–H and O–H groups in total. The molecule has 20 heavy (non-hydrogen) atoms. The number of benzene rings is 1. The molecule has 0 aliphatic rings. The first kappa shape index (κ1) is 14.3. The minimum Gasteiger partial charge on any atom is -0.484 e. The fraction of sp³-hybridized carbons (Fsp3) is 0.182. The Kier molecular flexibility index (Phi) is 3.67. The molecule has 2 aromatic rings. The van der Waals surface area contributed by atoms with Gasteiger partial charge in [-0.2, -0.15) is 13.2 Å². The van der Waals surface area contributed by atoms with Gasteiger partial charge in [0, 0.05) is 5.39 Å². The number of halogens is 4. The molecule has 0 bridgehead atoms. The summed E-state index contributed by atoms with van der Waals surface area (Å²) in [5, 5.41) is 10.7. The average Bonchev–Trinajstić information content (AvgIpc) is 2.35. The Morgan fingerprint density at radius 1 is 1.40 bits per heavy atom. The van der Waals surface area contributed by atoms with Gasteiger partial charge in [0.1, 0.15) is 17.0 Å². The molecule has 0 radical (unpaired) electrons.